The average molecular weight is 288 g/mol. The van der Waals surface area contributed by atoms with Crippen molar-refractivity contribution in [2.24, 2.45) is 0 Å². The summed E-state index contributed by atoms with van der Waals surface area (Å²) >= 11 is 0. The van der Waals surface area contributed by atoms with Crippen LogP contribution < -0.4 is 10.1 Å². The molecule has 1 fully saturated rings. The Labute approximate surface area is 128 Å². The van der Waals surface area contributed by atoms with Crippen LogP contribution in [0, 0.1) is 0 Å². The largest absolute Gasteiger partial charge is 0.493 e. The van der Waals surface area contributed by atoms with Crippen LogP contribution in [0.25, 0.3) is 0 Å². The van der Waals surface area contributed by atoms with E-state index < -0.39 is 0 Å². The number of fused-ring (bicyclic) bond motifs is 1. The van der Waals surface area contributed by atoms with E-state index in [1.165, 1.54) is 44.3 Å². The Kier molecular flexibility index (Phi) is 5.15. The number of benzene rings is 1. The normalized spacial score (nSPS) is 25.4. The highest BCUT2D eigenvalue weighted by Gasteiger charge is 2.22. The molecule has 2 aliphatic rings. The third-order valence-corrected chi connectivity index (χ3v) is 4.89. The number of piperidine rings is 1. The lowest BCUT2D eigenvalue weighted by Gasteiger charge is -2.31. The third kappa shape index (κ3) is 3.98. The predicted molar refractivity (Wildman–Crippen MR) is 87.1 cm³/mol. The predicted octanol–water partition coefficient (Wildman–Crippen LogP) is 3.02. The molecule has 116 valence electrons. The summed E-state index contributed by atoms with van der Waals surface area (Å²) in [4.78, 5) is 2.50. The fourth-order valence-corrected chi connectivity index (χ4v) is 3.62. The highest BCUT2D eigenvalue weighted by Crippen LogP contribution is 2.33. The van der Waals surface area contributed by atoms with Gasteiger partial charge in [-0.1, -0.05) is 24.6 Å². The molecule has 0 bridgehead atoms. The first-order chi connectivity index (χ1) is 10.3. The lowest BCUT2D eigenvalue weighted by molar-refractivity contribution is 0.223. The number of rotatable bonds is 5. The highest BCUT2D eigenvalue weighted by atomic mass is 16.5. The van der Waals surface area contributed by atoms with Gasteiger partial charge in [-0.2, -0.15) is 0 Å². The van der Waals surface area contributed by atoms with Crippen LogP contribution in [0.4, 0.5) is 0 Å². The Morgan fingerprint density at radius 1 is 1.24 bits per heavy atom. The van der Waals surface area contributed by atoms with Crippen LogP contribution in [0.5, 0.6) is 5.75 Å². The molecule has 0 radical (unpaired) electrons. The molecule has 0 saturated carbocycles. The summed E-state index contributed by atoms with van der Waals surface area (Å²) < 4.78 is 5.76. The number of likely N-dealkylation sites (N-methyl/N-ethyl adjacent to an activating group) is 1. The molecule has 1 aromatic carbocycles. The molecule has 3 heteroatoms. The van der Waals surface area contributed by atoms with Gasteiger partial charge in [-0.05, 0) is 57.5 Å². The maximum atomic E-state index is 5.76. The second-order valence-corrected chi connectivity index (χ2v) is 6.57. The van der Waals surface area contributed by atoms with Gasteiger partial charge >= 0.3 is 0 Å². The summed E-state index contributed by atoms with van der Waals surface area (Å²) in [6.45, 7) is 4.41. The van der Waals surface area contributed by atoms with Gasteiger partial charge in [0.15, 0.2) is 0 Å². The summed E-state index contributed by atoms with van der Waals surface area (Å²) in [6, 6.07) is 9.28. The van der Waals surface area contributed by atoms with Crippen LogP contribution in [0.3, 0.4) is 0 Å². The maximum Gasteiger partial charge on any atom is 0.122 e. The van der Waals surface area contributed by atoms with Crippen molar-refractivity contribution in [3.63, 3.8) is 0 Å². The van der Waals surface area contributed by atoms with Crippen LogP contribution >= 0.6 is 0 Å². The molecule has 3 rings (SSSR count). The molecular weight excluding hydrogens is 260 g/mol. The first-order valence-electron chi connectivity index (χ1n) is 8.46. The van der Waals surface area contributed by atoms with E-state index in [-0.39, 0.29) is 0 Å². The zero-order valence-electron chi connectivity index (χ0n) is 13.2. The fourth-order valence-electron chi connectivity index (χ4n) is 3.62. The lowest BCUT2D eigenvalue weighted by atomic mass is 9.92. The second kappa shape index (κ2) is 7.28. The molecule has 0 spiro atoms. The highest BCUT2D eigenvalue weighted by molar-refractivity contribution is 5.37. The van der Waals surface area contributed by atoms with Crippen molar-refractivity contribution in [2.45, 2.75) is 44.1 Å². The van der Waals surface area contributed by atoms with E-state index in [0.29, 0.717) is 5.92 Å². The Morgan fingerprint density at radius 3 is 3.00 bits per heavy atom. The molecule has 1 N–H and O–H groups in total. The molecular formula is C18H28N2O. The molecule has 1 saturated heterocycles. The van der Waals surface area contributed by atoms with E-state index in [4.69, 9.17) is 4.74 Å². The third-order valence-electron chi connectivity index (χ3n) is 4.89. The van der Waals surface area contributed by atoms with Crippen LogP contribution in [0.15, 0.2) is 24.3 Å². The minimum Gasteiger partial charge on any atom is -0.493 e. The van der Waals surface area contributed by atoms with Crippen molar-refractivity contribution in [2.75, 3.05) is 33.3 Å². The van der Waals surface area contributed by atoms with Crippen molar-refractivity contribution in [1.82, 2.24) is 10.2 Å². The SMILES string of the molecule is CN(CCC1CCCCN1)CC1CCOc2ccccc21. The number of hydrogen-bond donors (Lipinski definition) is 1. The summed E-state index contributed by atoms with van der Waals surface area (Å²) in [6.07, 6.45) is 6.53. The van der Waals surface area contributed by atoms with E-state index in [0.717, 1.165) is 31.4 Å². The Morgan fingerprint density at radius 2 is 2.14 bits per heavy atom. The van der Waals surface area contributed by atoms with Crippen LogP contribution in [-0.2, 0) is 0 Å². The molecule has 0 aromatic heterocycles. The molecule has 0 amide bonds. The van der Waals surface area contributed by atoms with Crippen LogP contribution in [0.2, 0.25) is 0 Å². The first kappa shape index (κ1) is 14.9. The van der Waals surface area contributed by atoms with Gasteiger partial charge in [0.25, 0.3) is 0 Å². The van der Waals surface area contributed by atoms with Gasteiger partial charge in [-0.3, -0.25) is 0 Å². The Hall–Kier alpha value is -1.06. The molecule has 2 aliphatic heterocycles. The molecule has 1 aromatic rings. The van der Waals surface area contributed by atoms with E-state index in [9.17, 15) is 0 Å². The number of para-hydroxylation sites is 1. The maximum absolute atomic E-state index is 5.76. The molecule has 2 heterocycles. The standard InChI is InChI=1S/C18H28N2O/c1-20(12-9-16-6-4-5-11-19-16)14-15-10-13-21-18-8-3-2-7-17(15)18/h2-3,7-8,15-16,19H,4-6,9-14H2,1H3. The minimum atomic E-state index is 0.624. The molecule has 2 unspecified atom stereocenters. The monoisotopic (exact) mass is 288 g/mol. The van der Waals surface area contributed by atoms with Crippen molar-refractivity contribution >= 4 is 0 Å². The smallest absolute Gasteiger partial charge is 0.122 e. The van der Waals surface area contributed by atoms with Crippen LogP contribution in [0.1, 0.15) is 43.6 Å². The molecule has 0 aliphatic carbocycles. The summed E-state index contributed by atoms with van der Waals surface area (Å²) in [7, 11) is 2.26. The van der Waals surface area contributed by atoms with E-state index >= 15 is 0 Å². The average Bonchev–Trinajstić information content (AvgIpc) is 2.54. The van der Waals surface area contributed by atoms with Gasteiger partial charge in [0, 0.05) is 18.5 Å². The Bertz CT molecular complexity index is 443. The molecule has 21 heavy (non-hydrogen) atoms. The van der Waals surface area contributed by atoms with Gasteiger partial charge in [0.1, 0.15) is 5.75 Å². The van der Waals surface area contributed by atoms with Gasteiger partial charge in [0.2, 0.25) is 0 Å². The van der Waals surface area contributed by atoms with E-state index in [1.807, 2.05) is 0 Å². The molecule has 2 atom stereocenters. The van der Waals surface area contributed by atoms with Crippen molar-refractivity contribution < 1.29 is 4.74 Å². The van der Waals surface area contributed by atoms with Crippen molar-refractivity contribution in [3.8, 4) is 5.75 Å². The summed E-state index contributed by atoms with van der Waals surface area (Å²) in [5.41, 5.74) is 1.39. The van der Waals surface area contributed by atoms with Crippen molar-refractivity contribution in [3.05, 3.63) is 29.8 Å². The van der Waals surface area contributed by atoms with Crippen molar-refractivity contribution in [1.29, 1.82) is 0 Å². The lowest BCUT2D eigenvalue weighted by Crippen LogP contribution is -2.37. The minimum absolute atomic E-state index is 0.624. The fraction of sp³-hybridized carbons (Fsp3) is 0.667. The van der Waals surface area contributed by atoms with Gasteiger partial charge < -0.3 is 15.0 Å². The summed E-state index contributed by atoms with van der Waals surface area (Å²) in [5, 5.41) is 3.65. The number of nitrogens with zero attached hydrogens (tertiary/aromatic N) is 1. The van der Waals surface area contributed by atoms with E-state index in [1.54, 1.807) is 0 Å². The van der Waals surface area contributed by atoms with Gasteiger partial charge in [0.05, 0.1) is 6.61 Å². The zero-order valence-corrected chi connectivity index (χ0v) is 13.2. The quantitative estimate of drug-likeness (QED) is 0.901. The van der Waals surface area contributed by atoms with Gasteiger partial charge in [-0.15, -0.1) is 0 Å². The van der Waals surface area contributed by atoms with E-state index in [2.05, 4.69) is 41.5 Å². The van der Waals surface area contributed by atoms with Crippen LogP contribution in [-0.4, -0.2) is 44.2 Å². The molecule has 3 nitrogen and oxygen atoms in total. The second-order valence-electron chi connectivity index (χ2n) is 6.57. The number of ether oxygens (including phenoxy) is 1. The number of nitrogens with one attached hydrogen (secondary N) is 1. The topological polar surface area (TPSA) is 24.5 Å². The Balaban J connectivity index is 1.49. The van der Waals surface area contributed by atoms with Gasteiger partial charge in [-0.25, -0.2) is 0 Å². The first-order valence-corrected chi connectivity index (χ1v) is 8.46. The summed E-state index contributed by atoms with van der Waals surface area (Å²) in [5.74, 6) is 1.72. The zero-order chi connectivity index (χ0) is 14.5. The number of hydrogen-bond acceptors (Lipinski definition) is 3.